The summed E-state index contributed by atoms with van der Waals surface area (Å²) in [4.78, 5) is 6.27. The second-order valence-electron chi connectivity index (χ2n) is 5.20. The van der Waals surface area contributed by atoms with Crippen LogP contribution < -0.4 is 4.90 Å². The van der Waals surface area contributed by atoms with Crippen LogP contribution in [0.25, 0.3) is 0 Å². The quantitative estimate of drug-likeness (QED) is 0.737. The van der Waals surface area contributed by atoms with E-state index in [-0.39, 0.29) is 11.9 Å². The van der Waals surface area contributed by atoms with E-state index < -0.39 is 0 Å². The molecule has 0 N–H and O–H groups in total. The van der Waals surface area contributed by atoms with E-state index in [1.165, 1.54) is 0 Å². The van der Waals surface area contributed by atoms with Gasteiger partial charge in [0.1, 0.15) is 5.82 Å². The van der Waals surface area contributed by atoms with Crippen molar-refractivity contribution in [3.05, 3.63) is 23.6 Å². The fourth-order valence-corrected chi connectivity index (χ4v) is 2.71. The van der Waals surface area contributed by atoms with Crippen LogP contribution in [-0.4, -0.2) is 30.3 Å². The van der Waals surface area contributed by atoms with E-state index in [1.807, 2.05) is 26.0 Å². The van der Waals surface area contributed by atoms with Gasteiger partial charge in [-0.25, -0.2) is 4.98 Å². The van der Waals surface area contributed by atoms with Crippen molar-refractivity contribution in [2.24, 2.45) is 0 Å². The van der Waals surface area contributed by atoms with Crippen LogP contribution in [0, 0.1) is 5.95 Å². The fourth-order valence-electron chi connectivity index (χ4n) is 2.71. The highest BCUT2D eigenvalue weighted by atomic mass is 19.1. The molecule has 0 aromatic carbocycles. The van der Waals surface area contributed by atoms with Gasteiger partial charge in [0.15, 0.2) is 0 Å². The molecule has 1 aromatic rings. The topological polar surface area (TPSA) is 25.4 Å². The van der Waals surface area contributed by atoms with Crippen LogP contribution in [0.5, 0.6) is 0 Å². The molecule has 2 bridgehead atoms. The van der Waals surface area contributed by atoms with E-state index in [0.29, 0.717) is 17.7 Å². The maximum Gasteiger partial charge on any atom is 0.218 e. The summed E-state index contributed by atoms with van der Waals surface area (Å²) in [6.07, 6.45) is 1.37. The first kappa shape index (κ1) is 11.0. The molecule has 2 atom stereocenters. The highest BCUT2D eigenvalue weighted by Gasteiger charge is 2.39. The first-order chi connectivity index (χ1) is 8.15. The Morgan fingerprint density at radius 2 is 2.29 bits per heavy atom. The number of fused-ring (bicyclic) bond motifs is 2. The number of rotatable bonds is 2. The van der Waals surface area contributed by atoms with E-state index >= 15 is 0 Å². The van der Waals surface area contributed by atoms with Crippen molar-refractivity contribution in [3.63, 3.8) is 0 Å². The first-order valence-corrected chi connectivity index (χ1v) is 6.20. The van der Waals surface area contributed by atoms with Crippen molar-refractivity contribution in [2.75, 3.05) is 18.1 Å². The number of hydrogen-bond donors (Lipinski definition) is 0. The predicted octanol–water partition coefficient (Wildman–Crippen LogP) is 2.32. The molecule has 17 heavy (non-hydrogen) atoms. The Bertz CT molecular complexity index is 435. The van der Waals surface area contributed by atoms with Crippen LogP contribution in [0.4, 0.5) is 10.2 Å². The third-order valence-electron chi connectivity index (χ3n) is 3.68. The molecule has 1 aromatic heterocycles. The van der Waals surface area contributed by atoms with Gasteiger partial charge >= 0.3 is 0 Å². The molecule has 0 amide bonds. The Hall–Kier alpha value is -1.16. The Kier molecular flexibility index (Phi) is 2.54. The van der Waals surface area contributed by atoms with Crippen molar-refractivity contribution in [1.82, 2.24) is 4.98 Å². The molecular weight excluding hydrogens is 219 g/mol. The Labute approximate surface area is 101 Å². The maximum atomic E-state index is 13.8. The molecule has 3 heterocycles. The van der Waals surface area contributed by atoms with E-state index in [9.17, 15) is 4.39 Å². The highest BCUT2D eigenvalue weighted by Crippen LogP contribution is 2.32. The number of halogens is 1. The van der Waals surface area contributed by atoms with Gasteiger partial charge in [0, 0.05) is 12.1 Å². The molecule has 0 spiro atoms. The maximum absolute atomic E-state index is 13.8. The molecule has 2 fully saturated rings. The van der Waals surface area contributed by atoms with Crippen LogP contribution >= 0.6 is 0 Å². The summed E-state index contributed by atoms with van der Waals surface area (Å²) in [6.45, 7) is 5.55. The molecule has 92 valence electrons. The smallest absolute Gasteiger partial charge is 0.218 e. The van der Waals surface area contributed by atoms with Gasteiger partial charge in [-0.2, -0.15) is 4.39 Å². The Balaban J connectivity index is 1.87. The van der Waals surface area contributed by atoms with Gasteiger partial charge in [-0.3, -0.25) is 0 Å². The van der Waals surface area contributed by atoms with E-state index in [0.717, 1.165) is 25.4 Å². The van der Waals surface area contributed by atoms with Gasteiger partial charge in [0.2, 0.25) is 5.95 Å². The SMILES string of the molecule is CC(C)c1ccc(N2C[C@@H]3C[C@H]2CO3)nc1F. The molecule has 3 rings (SSSR count). The first-order valence-electron chi connectivity index (χ1n) is 6.20. The van der Waals surface area contributed by atoms with Gasteiger partial charge in [-0.05, 0) is 18.4 Å². The zero-order chi connectivity index (χ0) is 12.0. The second kappa shape index (κ2) is 3.95. The van der Waals surface area contributed by atoms with Crippen LogP contribution in [0.3, 0.4) is 0 Å². The van der Waals surface area contributed by atoms with Crippen molar-refractivity contribution >= 4 is 5.82 Å². The summed E-state index contributed by atoms with van der Waals surface area (Å²) in [5, 5.41) is 0. The van der Waals surface area contributed by atoms with Crippen LogP contribution in [0.15, 0.2) is 12.1 Å². The molecule has 2 saturated heterocycles. The van der Waals surface area contributed by atoms with Crippen molar-refractivity contribution in [1.29, 1.82) is 0 Å². The van der Waals surface area contributed by atoms with Gasteiger partial charge in [-0.1, -0.05) is 19.9 Å². The minimum atomic E-state index is -0.332. The lowest BCUT2D eigenvalue weighted by molar-refractivity contribution is 0.0988. The number of nitrogens with zero attached hydrogens (tertiary/aromatic N) is 2. The summed E-state index contributed by atoms with van der Waals surface area (Å²) in [5.41, 5.74) is 0.689. The minimum absolute atomic E-state index is 0.176. The molecule has 0 saturated carbocycles. The summed E-state index contributed by atoms with van der Waals surface area (Å²) < 4.78 is 19.4. The third-order valence-corrected chi connectivity index (χ3v) is 3.68. The number of anilines is 1. The number of hydrogen-bond acceptors (Lipinski definition) is 3. The average Bonchev–Trinajstić information content (AvgIpc) is 2.89. The molecule has 0 unspecified atom stereocenters. The number of aromatic nitrogens is 1. The monoisotopic (exact) mass is 236 g/mol. The summed E-state index contributed by atoms with van der Waals surface area (Å²) in [6, 6.07) is 4.17. The van der Waals surface area contributed by atoms with E-state index in [1.54, 1.807) is 0 Å². The largest absolute Gasteiger partial charge is 0.374 e. The van der Waals surface area contributed by atoms with Crippen LogP contribution in [0.1, 0.15) is 31.7 Å². The normalized spacial score (nSPS) is 27.2. The summed E-state index contributed by atoms with van der Waals surface area (Å²) in [7, 11) is 0. The van der Waals surface area contributed by atoms with Crippen molar-refractivity contribution < 1.29 is 9.13 Å². The lowest BCUT2D eigenvalue weighted by Gasteiger charge is -2.28. The zero-order valence-electron chi connectivity index (χ0n) is 10.2. The van der Waals surface area contributed by atoms with E-state index in [2.05, 4.69) is 9.88 Å². The zero-order valence-corrected chi connectivity index (χ0v) is 10.2. The lowest BCUT2D eigenvalue weighted by Crippen LogP contribution is -2.37. The van der Waals surface area contributed by atoms with Crippen molar-refractivity contribution in [2.45, 2.75) is 38.3 Å². The standard InChI is InChI=1S/C13H17FN2O/c1-8(2)11-3-4-12(15-13(11)14)16-6-10-5-9(16)7-17-10/h3-4,8-10H,5-7H2,1-2H3/t9-,10-/m0/s1. The second-order valence-corrected chi connectivity index (χ2v) is 5.20. The van der Waals surface area contributed by atoms with Gasteiger partial charge in [-0.15, -0.1) is 0 Å². The minimum Gasteiger partial charge on any atom is -0.374 e. The molecule has 2 aliphatic rings. The molecule has 4 heteroatoms. The average molecular weight is 236 g/mol. The molecule has 3 nitrogen and oxygen atoms in total. The summed E-state index contributed by atoms with van der Waals surface area (Å²) in [5.74, 6) is 0.596. The van der Waals surface area contributed by atoms with Crippen molar-refractivity contribution in [3.8, 4) is 0 Å². The fraction of sp³-hybridized carbons (Fsp3) is 0.615. The predicted molar refractivity (Wildman–Crippen MR) is 63.8 cm³/mol. The molecule has 0 aliphatic carbocycles. The number of morpholine rings is 1. The van der Waals surface area contributed by atoms with Gasteiger partial charge in [0.25, 0.3) is 0 Å². The number of pyridine rings is 1. The van der Waals surface area contributed by atoms with Gasteiger partial charge < -0.3 is 9.64 Å². The van der Waals surface area contributed by atoms with Crippen LogP contribution in [0.2, 0.25) is 0 Å². The van der Waals surface area contributed by atoms with Crippen LogP contribution in [-0.2, 0) is 4.74 Å². The third kappa shape index (κ3) is 1.80. The molecular formula is C13H17FN2O. The molecule has 2 aliphatic heterocycles. The lowest BCUT2D eigenvalue weighted by atomic mass is 10.1. The van der Waals surface area contributed by atoms with E-state index in [4.69, 9.17) is 4.74 Å². The number of ether oxygens (including phenoxy) is 1. The molecule has 0 radical (unpaired) electrons. The Morgan fingerprint density at radius 1 is 1.47 bits per heavy atom. The highest BCUT2D eigenvalue weighted by molar-refractivity contribution is 5.44. The van der Waals surface area contributed by atoms with Gasteiger partial charge in [0.05, 0.1) is 18.8 Å². The Morgan fingerprint density at radius 3 is 2.82 bits per heavy atom. The summed E-state index contributed by atoms with van der Waals surface area (Å²) >= 11 is 0.